The summed E-state index contributed by atoms with van der Waals surface area (Å²) in [6.07, 6.45) is 2.24. The maximum atomic E-state index is 12.4. The summed E-state index contributed by atoms with van der Waals surface area (Å²) in [7, 11) is 1.51. The molecule has 2 rings (SSSR count). The highest BCUT2D eigenvalue weighted by molar-refractivity contribution is 9.10. The highest BCUT2D eigenvalue weighted by Gasteiger charge is 2.13. The Labute approximate surface area is 166 Å². The number of benzene rings is 2. The number of nitrogens with one attached hydrogen (secondary N) is 2. The van der Waals surface area contributed by atoms with Crippen LogP contribution in [0.5, 0.6) is 5.75 Å². The van der Waals surface area contributed by atoms with Gasteiger partial charge in [0.2, 0.25) is 5.91 Å². The summed E-state index contributed by atoms with van der Waals surface area (Å²) in [5.41, 5.74) is 1.46. The number of anilines is 2. The van der Waals surface area contributed by atoms with Gasteiger partial charge < -0.3 is 15.4 Å². The maximum Gasteiger partial charge on any atom is 0.257 e. The number of methoxy groups -OCH3 is 1. The third-order valence-electron chi connectivity index (χ3n) is 3.66. The molecule has 2 N–H and O–H groups in total. The van der Waals surface area contributed by atoms with Gasteiger partial charge in [-0.25, -0.2) is 0 Å². The topological polar surface area (TPSA) is 67.4 Å². The molecule has 0 aliphatic rings. The number of hydrogen-bond acceptors (Lipinski definition) is 3. The van der Waals surface area contributed by atoms with Gasteiger partial charge in [-0.05, 0) is 36.8 Å². The molecule has 0 spiro atoms. The molecule has 0 radical (unpaired) electrons. The van der Waals surface area contributed by atoms with E-state index >= 15 is 0 Å². The third-order valence-corrected chi connectivity index (χ3v) is 4.49. The van der Waals surface area contributed by atoms with Crippen molar-refractivity contribution in [1.29, 1.82) is 0 Å². The first-order valence-corrected chi connectivity index (χ1v) is 9.36. The summed E-state index contributed by atoms with van der Waals surface area (Å²) in [6, 6.07) is 10.1. The Balaban J connectivity index is 2.14. The van der Waals surface area contributed by atoms with Gasteiger partial charge >= 0.3 is 0 Å². The molecule has 2 aromatic carbocycles. The molecule has 2 aromatic rings. The SMILES string of the molecule is CCCCC(=O)Nc1ccc(NC(=O)c2cc(Br)ccc2Cl)cc1OC. The number of unbranched alkanes of at least 4 members (excludes halogenated alkanes) is 1. The first-order chi connectivity index (χ1) is 12.4. The summed E-state index contributed by atoms with van der Waals surface area (Å²) in [6.45, 7) is 2.03. The molecular weight excluding hydrogens is 420 g/mol. The molecule has 7 heteroatoms. The molecule has 5 nitrogen and oxygen atoms in total. The molecule has 0 aliphatic heterocycles. The van der Waals surface area contributed by atoms with E-state index in [4.69, 9.17) is 16.3 Å². The molecule has 0 saturated heterocycles. The zero-order valence-electron chi connectivity index (χ0n) is 14.6. The summed E-state index contributed by atoms with van der Waals surface area (Å²) >= 11 is 9.41. The number of carbonyl (C=O) groups excluding carboxylic acids is 2. The van der Waals surface area contributed by atoms with E-state index in [1.54, 1.807) is 36.4 Å². The van der Waals surface area contributed by atoms with Gasteiger partial charge in [0.15, 0.2) is 0 Å². The minimum atomic E-state index is -0.335. The summed E-state index contributed by atoms with van der Waals surface area (Å²) in [4.78, 5) is 24.3. The van der Waals surface area contributed by atoms with Gasteiger partial charge in [-0.3, -0.25) is 9.59 Å². The van der Waals surface area contributed by atoms with Crippen molar-refractivity contribution in [1.82, 2.24) is 0 Å². The van der Waals surface area contributed by atoms with E-state index < -0.39 is 0 Å². The van der Waals surface area contributed by atoms with E-state index in [0.29, 0.717) is 34.1 Å². The van der Waals surface area contributed by atoms with E-state index in [2.05, 4.69) is 26.6 Å². The lowest BCUT2D eigenvalue weighted by Gasteiger charge is -2.13. The molecule has 0 aromatic heterocycles. The molecular formula is C19H20BrClN2O3. The molecule has 0 saturated carbocycles. The Hall–Kier alpha value is -2.05. The van der Waals surface area contributed by atoms with E-state index in [-0.39, 0.29) is 11.8 Å². The van der Waals surface area contributed by atoms with Gasteiger partial charge in [0, 0.05) is 22.6 Å². The first-order valence-electron chi connectivity index (χ1n) is 8.19. The lowest BCUT2D eigenvalue weighted by molar-refractivity contribution is -0.116. The minimum Gasteiger partial charge on any atom is -0.494 e. The summed E-state index contributed by atoms with van der Waals surface area (Å²) in [5.74, 6) is 0.0638. The minimum absolute atomic E-state index is 0.0668. The fourth-order valence-corrected chi connectivity index (χ4v) is 2.86. The molecule has 26 heavy (non-hydrogen) atoms. The lowest BCUT2D eigenvalue weighted by Crippen LogP contribution is -2.14. The molecule has 0 atom stereocenters. The first kappa shape index (κ1) is 20.3. The van der Waals surface area contributed by atoms with Gasteiger partial charge in [0.05, 0.1) is 23.4 Å². The van der Waals surface area contributed by atoms with Crippen molar-refractivity contribution < 1.29 is 14.3 Å². The number of halogens is 2. The number of carbonyl (C=O) groups is 2. The summed E-state index contributed by atoms with van der Waals surface area (Å²) in [5, 5.41) is 5.96. The number of ether oxygens (including phenoxy) is 1. The van der Waals surface area contributed by atoms with Crippen LogP contribution in [0, 0.1) is 0 Å². The van der Waals surface area contributed by atoms with Gasteiger partial charge in [-0.1, -0.05) is 40.9 Å². The average Bonchev–Trinajstić information content (AvgIpc) is 2.63. The van der Waals surface area contributed by atoms with Crippen molar-refractivity contribution in [3.8, 4) is 5.75 Å². The summed E-state index contributed by atoms with van der Waals surface area (Å²) < 4.78 is 6.08. The number of amides is 2. The molecule has 2 amide bonds. The van der Waals surface area contributed by atoms with E-state index in [1.165, 1.54) is 7.11 Å². The zero-order valence-corrected chi connectivity index (χ0v) is 16.9. The van der Waals surface area contributed by atoms with Gasteiger partial charge in [0.1, 0.15) is 5.75 Å². The zero-order chi connectivity index (χ0) is 19.1. The fourth-order valence-electron chi connectivity index (χ4n) is 2.29. The monoisotopic (exact) mass is 438 g/mol. The smallest absolute Gasteiger partial charge is 0.257 e. The van der Waals surface area contributed by atoms with E-state index in [1.807, 2.05) is 6.92 Å². The fraction of sp³-hybridized carbons (Fsp3) is 0.263. The maximum absolute atomic E-state index is 12.4. The van der Waals surface area contributed by atoms with Crippen molar-refractivity contribution in [3.63, 3.8) is 0 Å². The average molecular weight is 440 g/mol. The Morgan fingerprint density at radius 2 is 1.92 bits per heavy atom. The Morgan fingerprint density at radius 3 is 2.62 bits per heavy atom. The molecule has 0 bridgehead atoms. The standard InChI is InChI=1S/C19H20BrClN2O3/c1-3-4-5-18(24)23-16-9-7-13(11-17(16)26-2)22-19(25)14-10-12(20)6-8-15(14)21/h6-11H,3-5H2,1-2H3,(H,22,25)(H,23,24). The van der Waals surface area contributed by atoms with Gasteiger partial charge in [-0.15, -0.1) is 0 Å². The largest absolute Gasteiger partial charge is 0.494 e. The lowest BCUT2D eigenvalue weighted by atomic mass is 10.2. The highest BCUT2D eigenvalue weighted by atomic mass is 79.9. The van der Waals surface area contributed by atoms with Crippen LogP contribution in [0.25, 0.3) is 0 Å². The van der Waals surface area contributed by atoms with Crippen LogP contribution in [0.3, 0.4) is 0 Å². The molecule has 0 unspecified atom stereocenters. The molecule has 0 fully saturated rings. The quantitative estimate of drug-likeness (QED) is 0.599. The predicted octanol–water partition coefficient (Wildman–Crippen LogP) is 5.49. The van der Waals surface area contributed by atoms with E-state index in [0.717, 1.165) is 17.3 Å². The van der Waals surface area contributed by atoms with Crippen molar-refractivity contribution in [2.45, 2.75) is 26.2 Å². The van der Waals surface area contributed by atoms with Crippen LogP contribution in [0.1, 0.15) is 36.5 Å². The Morgan fingerprint density at radius 1 is 1.15 bits per heavy atom. The Kier molecular flexibility index (Phi) is 7.48. The second-order valence-corrected chi connectivity index (χ2v) is 6.97. The highest BCUT2D eigenvalue weighted by Crippen LogP contribution is 2.29. The predicted molar refractivity (Wildman–Crippen MR) is 108 cm³/mol. The van der Waals surface area contributed by atoms with Crippen molar-refractivity contribution in [3.05, 3.63) is 51.5 Å². The third kappa shape index (κ3) is 5.47. The van der Waals surface area contributed by atoms with E-state index in [9.17, 15) is 9.59 Å². The van der Waals surface area contributed by atoms with Gasteiger partial charge in [-0.2, -0.15) is 0 Å². The molecule has 0 aliphatic carbocycles. The van der Waals surface area contributed by atoms with Crippen LogP contribution in [-0.4, -0.2) is 18.9 Å². The number of hydrogen-bond donors (Lipinski definition) is 2. The van der Waals surface area contributed by atoms with Gasteiger partial charge in [0.25, 0.3) is 5.91 Å². The van der Waals surface area contributed by atoms with Crippen molar-refractivity contribution in [2.75, 3.05) is 17.7 Å². The van der Waals surface area contributed by atoms with Crippen LogP contribution in [0.15, 0.2) is 40.9 Å². The van der Waals surface area contributed by atoms with Crippen molar-refractivity contribution in [2.24, 2.45) is 0 Å². The van der Waals surface area contributed by atoms with Crippen molar-refractivity contribution >= 4 is 50.7 Å². The Bertz CT molecular complexity index is 811. The van der Waals surface area contributed by atoms with Crippen LogP contribution in [0.2, 0.25) is 5.02 Å². The van der Waals surface area contributed by atoms with Crippen LogP contribution in [0.4, 0.5) is 11.4 Å². The van der Waals surface area contributed by atoms with Crippen LogP contribution < -0.4 is 15.4 Å². The normalized spacial score (nSPS) is 10.3. The molecule has 138 valence electrons. The van der Waals surface area contributed by atoms with Crippen LogP contribution in [-0.2, 0) is 4.79 Å². The second-order valence-electron chi connectivity index (χ2n) is 5.65. The second kappa shape index (κ2) is 9.59. The molecule has 0 heterocycles. The number of rotatable bonds is 7. The van der Waals surface area contributed by atoms with Crippen LogP contribution >= 0.6 is 27.5 Å².